The van der Waals surface area contributed by atoms with Gasteiger partial charge in [0.2, 0.25) is 0 Å². The Bertz CT molecular complexity index is 730. The molecule has 0 bridgehead atoms. The highest BCUT2D eigenvalue weighted by Crippen LogP contribution is 2.36. The van der Waals surface area contributed by atoms with Crippen LogP contribution in [0, 0.1) is 5.92 Å². The number of nitrogens with zero attached hydrogens (tertiary/aromatic N) is 3. The zero-order valence-electron chi connectivity index (χ0n) is 13.2. The predicted molar refractivity (Wildman–Crippen MR) is 98.5 cm³/mol. The SMILES string of the molecule is C[C@@]1(C2C=C(NC(=O)c3ccc(Cl)cn3)N=CC2)CCSC(N)=N1. The smallest absolute Gasteiger partial charge is 0.275 e. The van der Waals surface area contributed by atoms with Crippen LogP contribution in [0.3, 0.4) is 0 Å². The Labute approximate surface area is 149 Å². The molecule has 126 valence electrons. The summed E-state index contributed by atoms with van der Waals surface area (Å²) >= 11 is 7.37. The molecule has 3 N–H and O–H groups in total. The first-order valence-electron chi connectivity index (χ1n) is 7.62. The van der Waals surface area contributed by atoms with E-state index in [9.17, 15) is 4.79 Å². The van der Waals surface area contributed by atoms with Crippen molar-refractivity contribution in [1.82, 2.24) is 10.3 Å². The van der Waals surface area contributed by atoms with Crippen molar-refractivity contribution in [3.05, 3.63) is 40.9 Å². The van der Waals surface area contributed by atoms with E-state index in [2.05, 4.69) is 27.2 Å². The third-order valence-corrected chi connectivity index (χ3v) is 5.19. The molecule has 1 aromatic heterocycles. The van der Waals surface area contributed by atoms with Crippen LogP contribution in [0.4, 0.5) is 0 Å². The van der Waals surface area contributed by atoms with Crippen molar-refractivity contribution < 1.29 is 4.79 Å². The molecule has 0 saturated heterocycles. The lowest BCUT2D eigenvalue weighted by Crippen LogP contribution is -2.39. The number of aliphatic imine (C=N–C) groups is 2. The molecule has 0 fully saturated rings. The van der Waals surface area contributed by atoms with Gasteiger partial charge in [-0.3, -0.25) is 9.79 Å². The Morgan fingerprint density at radius 2 is 2.33 bits per heavy atom. The molecule has 3 heterocycles. The first kappa shape index (κ1) is 17.0. The minimum Gasteiger partial charge on any atom is -0.379 e. The second-order valence-electron chi connectivity index (χ2n) is 5.93. The number of amides is 1. The van der Waals surface area contributed by atoms with Gasteiger partial charge in [0.05, 0.1) is 10.6 Å². The molecule has 0 radical (unpaired) electrons. The number of thioether (sulfide) groups is 1. The van der Waals surface area contributed by atoms with E-state index in [0.29, 0.717) is 21.7 Å². The Kier molecular flexibility index (Phi) is 4.91. The van der Waals surface area contributed by atoms with E-state index in [0.717, 1.165) is 18.6 Å². The Morgan fingerprint density at radius 1 is 1.50 bits per heavy atom. The van der Waals surface area contributed by atoms with E-state index in [1.54, 1.807) is 23.9 Å². The number of carbonyl (C=O) groups excluding carboxylic acids is 1. The summed E-state index contributed by atoms with van der Waals surface area (Å²) in [4.78, 5) is 25.2. The Morgan fingerprint density at radius 3 is 3.04 bits per heavy atom. The van der Waals surface area contributed by atoms with Gasteiger partial charge < -0.3 is 11.1 Å². The molecule has 1 unspecified atom stereocenters. The maximum absolute atomic E-state index is 12.3. The Hall–Kier alpha value is -1.86. The lowest BCUT2D eigenvalue weighted by atomic mass is 9.81. The molecule has 1 amide bonds. The summed E-state index contributed by atoms with van der Waals surface area (Å²) in [5.74, 6) is 1.29. The fourth-order valence-electron chi connectivity index (χ4n) is 2.73. The molecule has 2 atom stereocenters. The molecule has 2 aliphatic rings. The van der Waals surface area contributed by atoms with Gasteiger partial charge >= 0.3 is 0 Å². The largest absolute Gasteiger partial charge is 0.379 e. The third kappa shape index (κ3) is 3.79. The van der Waals surface area contributed by atoms with Crippen LogP contribution in [0.2, 0.25) is 5.02 Å². The van der Waals surface area contributed by atoms with Gasteiger partial charge in [-0.15, -0.1) is 0 Å². The number of halogens is 1. The fraction of sp³-hybridized carbons (Fsp3) is 0.375. The zero-order valence-corrected chi connectivity index (χ0v) is 14.8. The molecule has 3 rings (SSSR count). The summed E-state index contributed by atoms with van der Waals surface area (Å²) in [7, 11) is 0. The van der Waals surface area contributed by atoms with E-state index in [1.807, 2.05) is 12.3 Å². The molecule has 0 saturated carbocycles. The van der Waals surface area contributed by atoms with Crippen molar-refractivity contribution in [1.29, 1.82) is 0 Å². The van der Waals surface area contributed by atoms with Gasteiger partial charge in [0.15, 0.2) is 5.17 Å². The minimum absolute atomic E-state index is 0.142. The highest BCUT2D eigenvalue weighted by molar-refractivity contribution is 8.13. The molecule has 0 spiro atoms. The van der Waals surface area contributed by atoms with Crippen LogP contribution in [-0.4, -0.2) is 33.6 Å². The van der Waals surface area contributed by atoms with Crippen molar-refractivity contribution in [2.75, 3.05) is 5.75 Å². The molecule has 6 nitrogen and oxygen atoms in total. The van der Waals surface area contributed by atoms with Crippen molar-refractivity contribution in [2.24, 2.45) is 21.6 Å². The minimum atomic E-state index is -0.317. The number of hydrogen-bond acceptors (Lipinski definition) is 6. The van der Waals surface area contributed by atoms with Crippen molar-refractivity contribution in [3.8, 4) is 0 Å². The normalized spacial score (nSPS) is 26.5. The summed E-state index contributed by atoms with van der Waals surface area (Å²) < 4.78 is 0. The van der Waals surface area contributed by atoms with Gasteiger partial charge in [-0.1, -0.05) is 23.4 Å². The van der Waals surface area contributed by atoms with E-state index in [1.165, 1.54) is 6.20 Å². The standard InChI is InChI=1S/C16H18ClN5OS/c1-16(5-7-24-15(18)22-16)10-4-6-19-13(8-10)21-14(23)12-3-2-11(17)9-20-12/h2-3,6,8-10H,4-5,7H2,1H3,(H2,18,22)(H,21,23)/t10?,16-/m0/s1. The fourth-order valence-corrected chi connectivity index (χ4v) is 3.84. The van der Waals surface area contributed by atoms with Gasteiger partial charge in [-0.25, -0.2) is 9.98 Å². The van der Waals surface area contributed by atoms with Crippen LogP contribution < -0.4 is 11.1 Å². The van der Waals surface area contributed by atoms with Crippen molar-refractivity contribution >= 4 is 40.7 Å². The summed E-state index contributed by atoms with van der Waals surface area (Å²) in [5, 5.41) is 3.89. The van der Waals surface area contributed by atoms with Crippen molar-refractivity contribution in [3.63, 3.8) is 0 Å². The van der Waals surface area contributed by atoms with E-state index in [4.69, 9.17) is 17.3 Å². The second-order valence-corrected chi connectivity index (χ2v) is 7.48. The van der Waals surface area contributed by atoms with E-state index in [-0.39, 0.29) is 17.4 Å². The first-order valence-corrected chi connectivity index (χ1v) is 8.98. The number of pyridine rings is 1. The van der Waals surface area contributed by atoms with Crippen LogP contribution in [0.25, 0.3) is 0 Å². The van der Waals surface area contributed by atoms with Gasteiger partial charge in [0.1, 0.15) is 11.5 Å². The highest BCUT2D eigenvalue weighted by Gasteiger charge is 2.35. The summed E-state index contributed by atoms with van der Waals surface area (Å²) in [6.45, 7) is 2.10. The van der Waals surface area contributed by atoms with Crippen LogP contribution >= 0.6 is 23.4 Å². The monoisotopic (exact) mass is 363 g/mol. The predicted octanol–water partition coefficient (Wildman–Crippen LogP) is 2.61. The number of hydrogen-bond donors (Lipinski definition) is 2. The maximum atomic E-state index is 12.3. The first-order chi connectivity index (χ1) is 11.5. The Balaban J connectivity index is 1.75. The maximum Gasteiger partial charge on any atom is 0.275 e. The quantitative estimate of drug-likeness (QED) is 0.863. The topological polar surface area (TPSA) is 92.7 Å². The van der Waals surface area contributed by atoms with Gasteiger partial charge in [0.25, 0.3) is 5.91 Å². The number of carbonyl (C=O) groups is 1. The van der Waals surface area contributed by atoms with Crippen LogP contribution in [-0.2, 0) is 0 Å². The van der Waals surface area contributed by atoms with Gasteiger partial charge in [-0.05, 0) is 38.0 Å². The van der Waals surface area contributed by atoms with Crippen LogP contribution in [0.5, 0.6) is 0 Å². The number of aromatic nitrogens is 1. The summed E-state index contributed by atoms with van der Waals surface area (Å²) in [6, 6.07) is 3.20. The van der Waals surface area contributed by atoms with E-state index < -0.39 is 0 Å². The molecular formula is C16H18ClN5OS. The molecule has 0 aromatic carbocycles. The van der Waals surface area contributed by atoms with Crippen LogP contribution in [0.1, 0.15) is 30.3 Å². The third-order valence-electron chi connectivity index (χ3n) is 4.17. The zero-order chi connectivity index (χ0) is 17.2. The van der Waals surface area contributed by atoms with Crippen molar-refractivity contribution in [2.45, 2.75) is 25.3 Å². The lowest BCUT2D eigenvalue weighted by molar-refractivity contribution is 0.0960. The molecule has 24 heavy (non-hydrogen) atoms. The molecule has 0 aliphatic carbocycles. The van der Waals surface area contributed by atoms with Gasteiger partial charge in [0, 0.05) is 24.1 Å². The van der Waals surface area contributed by atoms with E-state index >= 15 is 0 Å². The lowest BCUT2D eigenvalue weighted by Gasteiger charge is -2.36. The number of nitrogens with two attached hydrogens (primary N) is 1. The average molecular weight is 364 g/mol. The molecule has 8 heteroatoms. The molecular weight excluding hydrogens is 346 g/mol. The van der Waals surface area contributed by atoms with Gasteiger partial charge in [-0.2, -0.15) is 0 Å². The summed E-state index contributed by atoms with van der Waals surface area (Å²) in [6.07, 6.45) is 6.93. The number of nitrogens with one attached hydrogen (secondary N) is 1. The average Bonchev–Trinajstić information content (AvgIpc) is 2.55. The highest BCUT2D eigenvalue weighted by atomic mass is 35.5. The summed E-state index contributed by atoms with van der Waals surface area (Å²) in [5.41, 5.74) is 5.91. The molecule has 1 aromatic rings. The molecule has 2 aliphatic heterocycles. The van der Waals surface area contributed by atoms with Crippen LogP contribution in [0.15, 0.2) is 40.2 Å². The second kappa shape index (κ2) is 6.94. The number of amidine groups is 1. The number of rotatable bonds is 3.